The monoisotopic (exact) mass is 352 g/mol. The van der Waals surface area contributed by atoms with Gasteiger partial charge in [0.05, 0.1) is 0 Å². The number of sulfonamides is 1. The maximum Gasteiger partial charge on any atom is 0.255 e. The second kappa shape index (κ2) is 7.33. The zero-order valence-corrected chi connectivity index (χ0v) is 13.2. The molecule has 0 unspecified atom stereocenters. The van der Waals surface area contributed by atoms with Gasteiger partial charge in [0.25, 0.3) is 5.91 Å². The van der Waals surface area contributed by atoms with Crippen molar-refractivity contribution in [2.24, 2.45) is 0 Å². The molecule has 0 atom stereocenters. The van der Waals surface area contributed by atoms with Gasteiger partial charge in [-0.3, -0.25) is 4.79 Å². The first kappa shape index (κ1) is 17.8. The zero-order valence-electron chi connectivity index (χ0n) is 12.4. The SMILES string of the molecule is C=CCNS(=O)(=O)c1cc(C(=O)Nc2ccc(F)cc2)ccc1F. The molecule has 0 spiro atoms. The number of carbonyl (C=O) groups excluding carboxylic acids is 1. The van der Waals surface area contributed by atoms with E-state index in [4.69, 9.17) is 0 Å². The number of amides is 1. The Labute approximate surface area is 138 Å². The van der Waals surface area contributed by atoms with Crippen LogP contribution in [0.4, 0.5) is 14.5 Å². The Morgan fingerprint density at radius 3 is 2.42 bits per heavy atom. The highest BCUT2D eigenvalue weighted by molar-refractivity contribution is 7.89. The van der Waals surface area contributed by atoms with E-state index in [2.05, 4.69) is 16.6 Å². The van der Waals surface area contributed by atoms with E-state index in [1.54, 1.807) is 0 Å². The zero-order chi connectivity index (χ0) is 17.7. The average molecular weight is 352 g/mol. The molecule has 0 saturated carbocycles. The molecule has 0 aliphatic rings. The molecule has 2 aromatic carbocycles. The van der Waals surface area contributed by atoms with Gasteiger partial charge in [0.15, 0.2) is 0 Å². The van der Waals surface area contributed by atoms with Crippen molar-refractivity contribution < 1.29 is 22.0 Å². The Hall–Kier alpha value is -2.58. The van der Waals surface area contributed by atoms with Crippen molar-refractivity contribution in [3.63, 3.8) is 0 Å². The van der Waals surface area contributed by atoms with Crippen LogP contribution >= 0.6 is 0 Å². The summed E-state index contributed by atoms with van der Waals surface area (Å²) in [6.45, 7) is 3.29. The molecule has 0 heterocycles. The van der Waals surface area contributed by atoms with Crippen LogP contribution in [0.2, 0.25) is 0 Å². The van der Waals surface area contributed by atoms with Gasteiger partial charge >= 0.3 is 0 Å². The third-order valence-corrected chi connectivity index (χ3v) is 4.44. The molecule has 2 aromatic rings. The summed E-state index contributed by atoms with van der Waals surface area (Å²) >= 11 is 0. The predicted octanol–water partition coefficient (Wildman–Crippen LogP) is 2.68. The van der Waals surface area contributed by atoms with E-state index in [9.17, 15) is 22.0 Å². The fraction of sp³-hybridized carbons (Fsp3) is 0.0625. The van der Waals surface area contributed by atoms with E-state index in [-0.39, 0.29) is 12.1 Å². The molecule has 8 heteroatoms. The van der Waals surface area contributed by atoms with Gasteiger partial charge in [-0.25, -0.2) is 21.9 Å². The Kier molecular flexibility index (Phi) is 5.42. The lowest BCUT2D eigenvalue weighted by Gasteiger charge is -2.09. The first-order valence-electron chi connectivity index (χ1n) is 6.80. The molecule has 2 rings (SSSR count). The van der Waals surface area contributed by atoms with Crippen LogP contribution in [0.5, 0.6) is 0 Å². The topological polar surface area (TPSA) is 75.3 Å². The van der Waals surface area contributed by atoms with Crippen LogP contribution in [0.15, 0.2) is 60.0 Å². The van der Waals surface area contributed by atoms with E-state index >= 15 is 0 Å². The lowest BCUT2D eigenvalue weighted by atomic mass is 10.2. The lowest BCUT2D eigenvalue weighted by Crippen LogP contribution is -2.25. The Balaban J connectivity index is 2.28. The number of nitrogens with one attached hydrogen (secondary N) is 2. The molecule has 0 aliphatic carbocycles. The molecule has 0 bridgehead atoms. The summed E-state index contributed by atoms with van der Waals surface area (Å²) in [4.78, 5) is 11.5. The molecular weight excluding hydrogens is 338 g/mol. The van der Waals surface area contributed by atoms with Crippen LogP contribution in [0.3, 0.4) is 0 Å². The summed E-state index contributed by atoms with van der Waals surface area (Å²) in [5.41, 5.74) is 0.264. The van der Waals surface area contributed by atoms with Crippen molar-refractivity contribution in [1.29, 1.82) is 0 Å². The van der Waals surface area contributed by atoms with Gasteiger partial charge in [0, 0.05) is 17.8 Å². The van der Waals surface area contributed by atoms with Gasteiger partial charge < -0.3 is 5.32 Å². The molecule has 2 N–H and O–H groups in total. The van der Waals surface area contributed by atoms with Crippen LogP contribution in [-0.2, 0) is 10.0 Å². The first-order valence-corrected chi connectivity index (χ1v) is 8.29. The van der Waals surface area contributed by atoms with Crippen LogP contribution in [0.25, 0.3) is 0 Å². The largest absolute Gasteiger partial charge is 0.322 e. The van der Waals surface area contributed by atoms with Crippen molar-refractivity contribution >= 4 is 21.6 Å². The van der Waals surface area contributed by atoms with E-state index in [1.165, 1.54) is 18.2 Å². The number of hydrogen-bond acceptors (Lipinski definition) is 3. The average Bonchev–Trinajstić information content (AvgIpc) is 2.55. The highest BCUT2D eigenvalue weighted by Gasteiger charge is 2.20. The Morgan fingerprint density at radius 1 is 1.12 bits per heavy atom. The molecule has 5 nitrogen and oxygen atoms in total. The lowest BCUT2D eigenvalue weighted by molar-refractivity contribution is 0.102. The fourth-order valence-electron chi connectivity index (χ4n) is 1.83. The molecule has 0 aromatic heterocycles. The minimum Gasteiger partial charge on any atom is -0.322 e. The van der Waals surface area contributed by atoms with E-state index < -0.39 is 32.5 Å². The molecule has 0 radical (unpaired) electrons. The van der Waals surface area contributed by atoms with Crippen LogP contribution in [-0.4, -0.2) is 20.9 Å². The van der Waals surface area contributed by atoms with Gasteiger partial charge in [-0.15, -0.1) is 6.58 Å². The van der Waals surface area contributed by atoms with Crippen LogP contribution < -0.4 is 10.0 Å². The van der Waals surface area contributed by atoms with Crippen molar-refractivity contribution in [1.82, 2.24) is 4.72 Å². The normalized spacial score (nSPS) is 11.1. The third-order valence-electron chi connectivity index (χ3n) is 3.00. The third kappa shape index (κ3) is 4.24. The second-order valence-corrected chi connectivity index (χ2v) is 6.48. The van der Waals surface area contributed by atoms with E-state index in [0.717, 1.165) is 30.3 Å². The Bertz CT molecular complexity index is 865. The van der Waals surface area contributed by atoms with Gasteiger partial charge in [0.1, 0.15) is 16.5 Å². The van der Waals surface area contributed by atoms with Crippen molar-refractivity contribution in [3.05, 3.63) is 72.3 Å². The number of hydrogen-bond donors (Lipinski definition) is 2. The number of carbonyl (C=O) groups is 1. The van der Waals surface area contributed by atoms with Crippen molar-refractivity contribution in [3.8, 4) is 0 Å². The molecular formula is C16H14F2N2O3S. The van der Waals surface area contributed by atoms with E-state index in [1.807, 2.05) is 0 Å². The first-order chi connectivity index (χ1) is 11.3. The van der Waals surface area contributed by atoms with Gasteiger partial charge in [-0.05, 0) is 42.5 Å². The summed E-state index contributed by atoms with van der Waals surface area (Å²) in [6, 6.07) is 7.99. The fourth-order valence-corrected chi connectivity index (χ4v) is 2.93. The summed E-state index contributed by atoms with van der Waals surface area (Å²) in [5, 5.41) is 2.47. The molecule has 1 amide bonds. The van der Waals surface area contributed by atoms with E-state index in [0.29, 0.717) is 5.69 Å². The van der Waals surface area contributed by atoms with Gasteiger partial charge in [-0.2, -0.15) is 0 Å². The van der Waals surface area contributed by atoms with Crippen LogP contribution in [0.1, 0.15) is 10.4 Å². The summed E-state index contributed by atoms with van der Waals surface area (Å²) in [7, 11) is -4.11. The van der Waals surface area contributed by atoms with Crippen molar-refractivity contribution in [2.45, 2.75) is 4.90 Å². The standard InChI is InChI=1S/C16H14F2N2O3S/c1-2-9-19-24(22,23)15-10-11(3-8-14(15)18)16(21)20-13-6-4-12(17)5-7-13/h2-8,10,19H,1,9H2,(H,20,21). The smallest absolute Gasteiger partial charge is 0.255 e. The number of benzene rings is 2. The Morgan fingerprint density at radius 2 is 1.79 bits per heavy atom. The summed E-state index contributed by atoms with van der Waals surface area (Å²) in [5.74, 6) is -2.09. The predicted molar refractivity (Wildman–Crippen MR) is 86.1 cm³/mol. The highest BCUT2D eigenvalue weighted by atomic mass is 32.2. The maximum absolute atomic E-state index is 13.8. The number of halogens is 2. The molecule has 0 aliphatic heterocycles. The van der Waals surface area contributed by atoms with Gasteiger partial charge in [-0.1, -0.05) is 6.08 Å². The minimum atomic E-state index is -4.11. The molecule has 24 heavy (non-hydrogen) atoms. The summed E-state index contributed by atoms with van der Waals surface area (Å²) in [6.07, 6.45) is 1.31. The maximum atomic E-state index is 13.8. The van der Waals surface area contributed by atoms with Crippen molar-refractivity contribution in [2.75, 3.05) is 11.9 Å². The van der Waals surface area contributed by atoms with Gasteiger partial charge in [0.2, 0.25) is 10.0 Å². The minimum absolute atomic E-state index is 0.0558. The number of anilines is 1. The molecule has 126 valence electrons. The molecule has 0 fully saturated rings. The molecule has 0 saturated heterocycles. The quantitative estimate of drug-likeness (QED) is 0.785. The highest BCUT2D eigenvalue weighted by Crippen LogP contribution is 2.18. The second-order valence-electron chi connectivity index (χ2n) is 4.75. The number of rotatable bonds is 6. The summed E-state index contributed by atoms with van der Waals surface area (Å²) < 4.78 is 52.8. The van der Waals surface area contributed by atoms with Crippen LogP contribution in [0, 0.1) is 11.6 Å².